The first-order valence-electron chi connectivity index (χ1n) is 7.37. The lowest BCUT2D eigenvalue weighted by atomic mass is 10.1. The van der Waals surface area contributed by atoms with Gasteiger partial charge in [0, 0.05) is 27.5 Å². The highest BCUT2D eigenvalue weighted by atomic mass is 35.5. The number of carboxylic acid groups (broad SMARTS) is 1. The summed E-state index contributed by atoms with van der Waals surface area (Å²) < 4.78 is 0. The van der Waals surface area contributed by atoms with E-state index in [0.717, 1.165) is 25.7 Å². The predicted molar refractivity (Wildman–Crippen MR) is 84.4 cm³/mol. The standard InChI is InChI=1S/C16H17ClN2O3/c17-9-5-6-13-11(7-9)12(15(19-13)16(21)22)8-14(20)18-10-3-1-2-4-10/h5-7,10,19H,1-4,8H2,(H,18,20)(H,21,22). The molecule has 0 bridgehead atoms. The normalized spacial score (nSPS) is 15.3. The molecule has 3 rings (SSSR count). The number of nitrogens with one attached hydrogen (secondary N) is 2. The molecular formula is C16H17ClN2O3. The van der Waals surface area contributed by atoms with Crippen molar-refractivity contribution in [3.05, 3.63) is 34.5 Å². The van der Waals surface area contributed by atoms with Crippen molar-refractivity contribution in [1.82, 2.24) is 10.3 Å². The number of amides is 1. The van der Waals surface area contributed by atoms with Crippen molar-refractivity contribution in [1.29, 1.82) is 0 Å². The van der Waals surface area contributed by atoms with Crippen LogP contribution in [-0.2, 0) is 11.2 Å². The Kier molecular flexibility index (Phi) is 4.07. The fraction of sp³-hybridized carbons (Fsp3) is 0.375. The van der Waals surface area contributed by atoms with E-state index in [1.807, 2.05) is 0 Å². The van der Waals surface area contributed by atoms with Gasteiger partial charge in [0.05, 0.1) is 6.42 Å². The van der Waals surface area contributed by atoms with Crippen LogP contribution in [0.5, 0.6) is 0 Å². The van der Waals surface area contributed by atoms with Gasteiger partial charge in [0.1, 0.15) is 5.69 Å². The number of halogens is 1. The van der Waals surface area contributed by atoms with Gasteiger partial charge in [-0.05, 0) is 31.0 Å². The molecule has 3 N–H and O–H groups in total. The second kappa shape index (κ2) is 6.01. The summed E-state index contributed by atoms with van der Waals surface area (Å²) in [6.07, 6.45) is 4.30. The van der Waals surface area contributed by atoms with Gasteiger partial charge in [-0.2, -0.15) is 0 Å². The Bertz CT molecular complexity index is 732. The highest BCUT2D eigenvalue weighted by Crippen LogP contribution is 2.26. The molecule has 1 aromatic carbocycles. The van der Waals surface area contributed by atoms with Crippen LogP contribution < -0.4 is 5.32 Å². The third-order valence-electron chi connectivity index (χ3n) is 4.14. The molecule has 1 heterocycles. The summed E-state index contributed by atoms with van der Waals surface area (Å²) in [7, 11) is 0. The number of aromatic carboxylic acids is 1. The number of aromatic amines is 1. The quantitative estimate of drug-likeness (QED) is 0.809. The molecule has 0 spiro atoms. The molecule has 0 saturated heterocycles. The van der Waals surface area contributed by atoms with E-state index >= 15 is 0 Å². The number of carbonyl (C=O) groups excluding carboxylic acids is 1. The summed E-state index contributed by atoms with van der Waals surface area (Å²) >= 11 is 5.99. The molecule has 2 aromatic rings. The second-order valence-corrected chi connectivity index (χ2v) is 6.14. The molecule has 1 saturated carbocycles. The van der Waals surface area contributed by atoms with Crippen LogP contribution in [0.4, 0.5) is 0 Å². The van der Waals surface area contributed by atoms with Crippen molar-refractivity contribution < 1.29 is 14.7 Å². The van der Waals surface area contributed by atoms with Gasteiger partial charge < -0.3 is 15.4 Å². The summed E-state index contributed by atoms with van der Waals surface area (Å²) in [4.78, 5) is 26.5. The largest absolute Gasteiger partial charge is 0.477 e. The molecular weight excluding hydrogens is 304 g/mol. The lowest BCUT2D eigenvalue weighted by Gasteiger charge is -2.11. The number of fused-ring (bicyclic) bond motifs is 1. The Balaban J connectivity index is 1.90. The van der Waals surface area contributed by atoms with E-state index in [4.69, 9.17) is 11.6 Å². The minimum absolute atomic E-state index is 0.0402. The highest BCUT2D eigenvalue weighted by molar-refractivity contribution is 6.31. The second-order valence-electron chi connectivity index (χ2n) is 5.70. The fourth-order valence-electron chi connectivity index (χ4n) is 3.10. The first kappa shape index (κ1) is 14.9. The van der Waals surface area contributed by atoms with Crippen molar-refractivity contribution in [2.45, 2.75) is 38.1 Å². The molecule has 1 aromatic heterocycles. The Morgan fingerprint density at radius 1 is 1.32 bits per heavy atom. The number of benzene rings is 1. The van der Waals surface area contributed by atoms with E-state index in [0.29, 0.717) is 21.5 Å². The van der Waals surface area contributed by atoms with E-state index in [-0.39, 0.29) is 24.1 Å². The van der Waals surface area contributed by atoms with Crippen LogP contribution >= 0.6 is 11.6 Å². The predicted octanol–water partition coefficient (Wildman–Crippen LogP) is 3.12. The zero-order chi connectivity index (χ0) is 15.7. The molecule has 6 heteroatoms. The van der Waals surface area contributed by atoms with Crippen molar-refractivity contribution in [2.24, 2.45) is 0 Å². The fourth-order valence-corrected chi connectivity index (χ4v) is 3.27. The molecule has 116 valence electrons. The number of carbonyl (C=O) groups is 2. The van der Waals surface area contributed by atoms with Gasteiger partial charge >= 0.3 is 5.97 Å². The van der Waals surface area contributed by atoms with E-state index in [2.05, 4.69) is 10.3 Å². The Labute approximate surface area is 132 Å². The molecule has 22 heavy (non-hydrogen) atoms. The monoisotopic (exact) mass is 320 g/mol. The van der Waals surface area contributed by atoms with Gasteiger partial charge in [0.25, 0.3) is 0 Å². The third kappa shape index (κ3) is 2.95. The molecule has 1 aliphatic rings. The summed E-state index contributed by atoms with van der Waals surface area (Å²) in [6.45, 7) is 0. The molecule has 5 nitrogen and oxygen atoms in total. The average Bonchev–Trinajstić information content (AvgIpc) is 3.07. The van der Waals surface area contributed by atoms with Gasteiger partial charge in [-0.15, -0.1) is 0 Å². The van der Waals surface area contributed by atoms with Gasteiger partial charge in [-0.3, -0.25) is 4.79 Å². The van der Waals surface area contributed by atoms with Crippen LogP contribution in [0.15, 0.2) is 18.2 Å². The van der Waals surface area contributed by atoms with Crippen molar-refractivity contribution >= 4 is 34.4 Å². The Morgan fingerprint density at radius 3 is 2.73 bits per heavy atom. The van der Waals surface area contributed by atoms with Crippen molar-refractivity contribution in [3.8, 4) is 0 Å². The number of hydrogen-bond donors (Lipinski definition) is 3. The smallest absolute Gasteiger partial charge is 0.352 e. The van der Waals surface area contributed by atoms with Gasteiger partial charge in [0.15, 0.2) is 0 Å². The highest BCUT2D eigenvalue weighted by Gasteiger charge is 2.22. The number of carboxylic acids is 1. The number of aromatic nitrogens is 1. The number of rotatable bonds is 4. The van der Waals surface area contributed by atoms with Gasteiger partial charge in [-0.25, -0.2) is 4.79 Å². The van der Waals surface area contributed by atoms with Crippen molar-refractivity contribution in [3.63, 3.8) is 0 Å². The van der Waals surface area contributed by atoms with E-state index in [9.17, 15) is 14.7 Å². The third-order valence-corrected chi connectivity index (χ3v) is 4.37. The Hall–Kier alpha value is -2.01. The molecule has 0 unspecified atom stereocenters. The van der Waals surface area contributed by atoms with Crippen LogP contribution in [0.2, 0.25) is 5.02 Å². The van der Waals surface area contributed by atoms with Crippen LogP contribution in [0.1, 0.15) is 41.7 Å². The maximum Gasteiger partial charge on any atom is 0.352 e. The Morgan fingerprint density at radius 2 is 2.05 bits per heavy atom. The van der Waals surface area contributed by atoms with Crippen LogP contribution in [0.3, 0.4) is 0 Å². The molecule has 0 radical (unpaired) electrons. The lowest BCUT2D eigenvalue weighted by Crippen LogP contribution is -2.34. The topological polar surface area (TPSA) is 82.2 Å². The van der Waals surface area contributed by atoms with Crippen LogP contribution in [0, 0.1) is 0 Å². The van der Waals surface area contributed by atoms with Crippen molar-refractivity contribution in [2.75, 3.05) is 0 Å². The summed E-state index contributed by atoms with van der Waals surface area (Å²) in [5.41, 5.74) is 1.21. The minimum atomic E-state index is -1.07. The molecule has 1 fully saturated rings. The first-order valence-corrected chi connectivity index (χ1v) is 7.75. The van der Waals surface area contributed by atoms with E-state index in [1.165, 1.54) is 0 Å². The van der Waals surface area contributed by atoms with Crippen LogP contribution in [-0.4, -0.2) is 28.0 Å². The first-order chi connectivity index (χ1) is 10.5. The summed E-state index contributed by atoms with van der Waals surface area (Å²) in [5.74, 6) is -1.22. The zero-order valence-electron chi connectivity index (χ0n) is 12.0. The molecule has 0 atom stereocenters. The molecule has 1 aliphatic carbocycles. The summed E-state index contributed by atoms with van der Waals surface area (Å²) in [5, 5.41) is 13.5. The number of H-pyrrole nitrogens is 1. The minimum Gasteiger partial charge on any atom is -0.477 e. The average molecular weight is 321 g/mol. The van der Waals surface area contributed by atoms with E-state index in [1.54, 1.807) is 18.2 Å². The van der Waals surface area contributed by atoms with Gasteiger partial charge in [0.2, 0.25) is 5.91 Å². The maximum absolute atomic E-state index is 12.2. The van der Waals surface area contributed by atoms with Crippen LogP contribution in [0.25, 0.3) is 10.9 Å². The zero-order valence-corrected chi connectivity index (χ0v) is 12.7. The molecule has 0 aliphatic heterocycles. The SMILES string of the molecule is O=C(Cc1c(C(=O)O)[nH]c2ccc(Cl)cc12)NC1CCCC1. The maximum atomic E-state index is 12.2. The molecule has 1 amide bonds. The summed E-state index contributed by atoms with van der Waals surface area (Å²) in [6, 6.07) is 5.32. The number of hydrogen-bond acceptors (Lipinski definition) is 2. The lowest BCUT2D eigenvalue weighted by molar-refractivity contribution is -0.121. The van der Waals surface area contributed by atoms with Gasteiger partial charge in [-0.1, -0.05) is 24.4 Å². The van der Waals surface area contributed by atoms with E-state index < -0.39 is 5.97 Å².